The van der Waals surface area contributed by atoms with Crippen molar-refractivity contribution in [2.75, 3.05) is 6.61 Å². The molecule has 0 spiro atoms. The quantitative estimate of drug-likeness (QED) is 0.889. The van der Waals surface area contributed by atoms with Crippen molar-refractivity contribution in [3.63, 3.8) is 0 Å². The highest BCUT2D eigenvalue weighted by atomic mass is 16.3. The van der Waals surface area contributed by atoms with Crippen molar-refractivity contribution < 1.29 is 9.90 Å². The van der Waals surface area contributed by atoms with E-state index < -0.39 is 0 Å². The highest BCUT2D eigenvalue weighted by Crippen LogP contribution is 2.17. The average molecular weight is 273 g/mol. The fourth-order valence-electron chi connectivity index (χ4n) is 2.02. The molecule has 2 aromatic rings. The van der Waals surface area contributed by atoms with Crippen LogP contribution in [0.5, 0.6) is 0 Å². The first kappa shape index (κ1) is 14.3. The summed E-state index contributed by atoms with van der Waals surface area (Å²) in [5.41, 5.74) is 3.35. The Morgan fingerprint density at radius 2 is 2.10 bits per heavy atom. The molecule has 0 aliphatic heterocycles. The van der Waals surface area contributed by atoms with Crippen molar-refractivity contribution in [3.05, 3.63) is 47.3 Å². The van der Waals surface area contributed by atoms with Gasteiger partial charge in [-0.1, -0.05) is 18.2 Å². The van der Waals surface area contributed by atoms with Gasteiger partial charge in [0.2, 0.25) is 0 Å². The van der Waals surface area contributed by atoms with Crippen LogP contribution in [0.1, 0.15) is 28.5 Å². The molecule has 5 heteroatoms. The Morgan fingerprint density at radius 1 is 1.40 bits per heavy atom. The van der Waals surface area contributed by atoms with Crippen LogP contribution in [0.3, 0.4) is 0 Å². The molecule has 1 unspecified atom stereocenters. The number of carbonyl (C=O) groups excluding carboxylic acids is 1. The molecule has 1 amide bonds. The normalized spacial score (nSPS) is 12.2. The summed E-state index contributed by atoms with van der Waals surface area (Å²) in [4.78, 5) is 12.1. The van der Waals surface area contributed by atoms with Gasteiger partial charge in [-0.05, 0) is 32.4 Å². The number of aliphatic hydroxyl groups excluding tert-OH is 1. The van der Waals surface area contributed by atoms with Crippen LogP contribution in [-0.4, -0.2) is 33.4 Å². The van der Waals surface area contributed by atoms with Crippen LogP contribution in [0.25, 0.3) is 5.69 Å². The van der Waals surface area contributed by atoms with E-state index in [-0.39, 0.29) is 18.6 Å². The Kier molecular flexibility index (Phi) is 4.20. The zero-order valence-corrected chi connectivity index (χ0v) is 11.9. The third kappa shape index (κ3) is 2.72. The van der Waals surface area contributed by atoms with Crippen LogP contribution >= 0.6 is 0 Å². The standard InChI is InChI=1S/C15H19N3O2/c1-10-6-4-5-7-14(10)18-12(3)13(8-16-18)15(20)17-11(2)9-19/h4-8,11,19H,9H2,1-3H3,(H,17,20). The summed E-state index contributed by atoms with van der Waals surface area (Å²) in [6, 6.07) is 7.60. The zero-order valence-electron chi connectivity index (χ0n) is 11.9. The van der Waals surface area contributed by atoms with E-state index in [0.29, 0.717) is 5.56 Å². The molecule has 0 saturated carbocycles. The maximum Gasteiger partial charge on any atom is 0.255 e. The fraction of sp³-hybridized carbons (Fsp3) is 0.333. The van der Waals surface area contributed by atoms with Gasteiger partial charge in [-0.2, -0.15) is 5.10 Å². The van der Waals surface area contributed by atoms with Crippen molar-refractivity contribution in [3.8, 4) is 5.69 Å². The number of hydrogen-bond donors (Lipinski definition) is 2. The van der Waals surface area contributed by atoms with E-state index >= 15 is 0 Å². The fourth-order valence-corrected chi connectivity index (χ4v) is 2.02. The zero-order chi connectivity index (χ0) is 14.7. The number of aryl methyl sites for hydroxylation is 1. The Bertz CT molecular complexity index is 619. The maximum atomic E-state index is 12.1. The number of benzene rings is 1. The van der Waals surface area contributed by atoms with E-state index in [1.165, 1.54) is 0 Å². The molecule has 0 saturated heterocycles. The molecule has 1 aromatic carbocycles. The molecule has 0 aliphatic rings. The number of nitrogens with one attached hydrogen (secondary N) is 1. The topological polar surface area (TPSA) is 67.2 Å². The van der Waals surface area contributed by atoms with Gasteiger partial charge < -0.3 is 10.4 Å². The number of aliphatic hydroxyl groups is 1. The average Bonchev–Trinajstić information content (AvgIpc) is 2.81. The van der Waals surface area contributed by atoms with Gasteiger partial charge in [0, 0.05) is 6.04 Å². The Hall–Kier alpha value is -2.14. The van der Waals surface area contributed by atoms with E-state index in [4.69, 9.17) is 5.11 Å². The van der Waals surface area contributed by atoms with Crippen LogP contribution < -0.4 is 5.32 Å². The minimum atomic E-state index is -0.274. The van der Waals surface area contributed by atoms with Crippen LogP contribution in [0.2, 0.25) is 0 Å². The van der Waals surface area contributed by atoms with Crippen molar-refractivity contribution in [2.45, 2.75) is 26.8 Å². The van der Waals surface area contributed by atoms with Crippen LogP contribution in [0, 0.1) is 13.8 Å². The molecule has 1 atom stereocenters. The van der Waals surface area contributed by atoms with E-state index in [1.807, 2.05) is 38.1 Å². The molecule has 0 aliphatic carbocycles. The molecule has 20 heavy (non-hydrogen) atoms. The molecule has 1 aromatic heterocycles. The van der Waals surface area contributed by atoms with Gasteiger partial charge in [0.25, 0.3) is 5.91 Å². The number of rotatable bonds is 4. The van der Waals surface area contributed by atoms with Gasteiger partial charge in [0.1, 0.15) is 0 Å². The van der Waals surface area contributed by atoms with Crippen molar-refractivity contribution in [1.82, 2.24) is 15.1 Å². The summed E-state index contributed by atoms with van der Waals surface area (Å²) in [6.45, 7) is 5.53. The summed E-state index contributed by atoms with van der Waals surface area (Å²) in [5.74, 6) is -0.219. The first-order valence-electron chi connectivity index (χ1n) is 6.57. The SMILES string of the molecule is Cc1ccccc1-n1ncc(C(=O)NC(C)CO)c1C. The van der Waals surface area contributed by atoms with E-state index in [2.05, 4.69) is 10.4 Å². The molecular weight excluding hydrogens is 254 g/mol. The number of aromatic nitrogens is 2. The van der Waals surface area contributed by atoms with Gasteiger partial charge in [0.15, 0.2) is 0 Å². The summed E-state index contributed by atoms with van der Waals surface area (Å²) in [5, 5.41) is 16.0. The lowest BCUT2D eigenvalue weighted by atomic mass is 10.2. The lowest BCUT2D eigenvalue weighted by Crippen LogP contribution is -2.35. The second kappa shape index (κ2) is 5.88. The van der Waals surface area contributed by atoms with Gasteiger partial charge >= 0.3 is 0 Å². The van der Waals surface area contributed by atoms with Gasteiger partial charge in [-0.25, -0.2) is 4.68 Å². The first-order valence-corrected chi connectivity index (χ1v) is 6.57. The summed E-state index contributed by atoms with van der Waals surface area (Å²) < 4.78 is 1.76. The van der Waals surface area contributed by atoms with E-state index in [9.17, 15) is 4.79 Å². The maximum absolute atomic E-state index is 12.1. The highest BCUT2D eigenvalue weighted by molar-refractivity contribution is 5.95. The van der Waals surface area contributed by atoms with E-state index in [1.54, 1.807) is 17.8 Å². The summed E-state index contributed by atoms with van der Waals surface area (Å²) >= 11 is 0. The summed E-state index contributed by atoms with van der Waals surface area (Å²) in [7, 11) is 0. The van der Waals surface area contributed by atoms with Crippen molar-refractivity contribution in [2.24, 2.45) is 0 Å². The third-order valence-corrected chi connectivity index (χ3v) is 3.25. The highest BCUT2D eigenvalue weighted by Gasteiger charge is 2.17. The number of nitrogens with zero attached hydrogens (tertiary/aromatic N) is 2. The minimum absolute atomic E-state index is 0.0866. The van der Waals surface area contributed by atoms with Gasteiger partial charge in [0.05, 0.1) is 29.7 Å². The van der Waals surface area contributed by atoms with Crippen molar-refractivity contribution in [1.29, 1.82) is 0 Å². The number of carbonyl (C=O) groups is 1. The number of amides is 1. The molecular formula is C15H19N3O2. The smallest absolute Gasteiger partial charge is 0.255 e. The Balaban J connectivity index is 2.32. The van der Waals surface area contributed by atoms with Crippen LogP contribution in [-0.2, 0) is 0 Å². The number of hydrogen-bond acceptors (Lipinski definition) is 3. The molecule has 106 valence electrons. The second-order valence-electron chi connectivity index (χ2n) is 4.90. The molecule has 2 N–H and O–H groups in total. The van der Waals surface area contributed by atoms with Crippen molar-refractivity contribution >= 4 is 5.91 Å². The monoisotopic (exact) mass is 273 g/mol. The Morgan fingerprint density at radius 3 is 2.75 bits per heavy atom. The molecule has 1 heterocycles. The first-order chi connectivity index (χ1) is 9.54. The molecule has 0 fully saturated rings. The molecule has 0 bridgehead atoms. The minimum Gasteiger partial charge on any atom is -0.394 e. The van der Waals surface area contributed by atoms with Gasteiger partial charge in [-0.3, -0.25) is 4.79 Å². The lowest BCUT2D eigenvalue weighted by molar-refractivity contribution is 0.0921. The largest absolute Gasteiger partial charge is 0.394 e. The lowest BCUT2D eigenvalue weighted by Gasteiger charge is -2.11. The second-order valence-corrected chi connectivity index (χ2v) is 4.90. The van der Waals surface area contributed by atoms with Gasteiger partial charge in [-0.15, -0.1) is 0 Å². The van der Waals surface area contributed by atoms with E-state index in [0.717, 1.165) is 16.9 Å². The summed E-state index contributed by atoms with van der Waals surface area (Å²) in [6.07, 6.45) is 1.56. The number of para-hydroxylation sites is 1. The van der Waals surface area contributed by atoms with Crippen LogP contribution in [0.4, 0.5) is 0 Å². The Labute approximate surface area is 118 Å². The third-order valence-electron chi connectivity index (χ3n) is 3.25. The molecule has 5 nitrogen and oxygen atoms in total. The molecule has 0 radical (unpaired) electrons. The molecule has 2 rings (SSSR count). The van der Waals surface area contributed by atoms with Crippen LogP contribution in [0.15, 0.2) is 30.5 Å². The predicted octanol–water partition coefficient (Wildman–Crippen LogP) is 1.60. The predicted molar refractivity (Wildman–Crippen MR) is 77.1 cm³/mol.